The molecule has 0 spiro atoms. The van der Waals surface area contributed by atoms with E-state index in [1.54, 1.807) is 13.2 Å². The molecule has 1 saturated carbocycles. The fourth-order valence-corrected chi connectivity index (χ4v) is 2.56. The fourth-order valence-electron chi connectivity index (χ4n) is 2.32. The van der Waals surface area contributed by atoms with Crippen LogP contribution in [-0.4, -0.2) is 24.2 Å². The highest BCUT2D eigenvalue weighted by Gasteiger charge is 2.23. The molecular formula is C13H16ClNO4. The zero-order valence-corrected chi connectivity index (χ0v) is 11.4. The van der Waals surface area contributed by atoms with Gasteiger partial charge in [-0.25, -0.2) is 0 Å². The Morgan fingerprint density at radius 2 is 2.11 bits per heavy atom. The molecule has 5 nitrogen and oxygen atoms in total. The van der Waals surface area contributed by atoms with E-state index >= 15 is 0 Å². The molecule has 1 fully saturated rings. The van der Waals surface area contributed by atoms with E-state index < -0.39 is 4.92 Å². The number of rotatable bonds is 4. The normalized spacial score (nSPS) is 23.1. The van der Waals surface area contributed by atoms with Crippen molar-refractivity contribution in [2.45, 2.75) is 37.9 Å². The first-order valence-corrected chi connectivity index (χ1v) is 6.61. The number of hydrogen-bond acceptors (Lipinski definition) is 4. The molecule has 2 rings (SSSR count). The van der Waals surface area contributed by atoms with Crippen LogP contribution in [0.25, 0.3) is 0 Å². The van der Waals surface area contributed by atoms with Crippen molar-refractivity contribution in [3.63, 3.8) is 0 Å². The Morgan fingerprint density at radius 1 is 1.37 bits per heavy atom. The topological polar surface area (TPSA) is 61.6 Å². The molecule has 0 heterocycles. The Balaban J connectivity index is 2.03. The predicted molar refractivity (Wildman–Crippen MR) is 71.8 cm³/mol. The van der Waals surface area contributed by atoms with Crippen LogP contribution in [0, 0.1) is 10.1 Å². The summed E-state index contributed by atoms with van der Waals surface area (Å²) in [7, 11) is 1.70. The van der Waals surface area contributed by atoms with Crippen molar-refractivity contribution in [3.05, 3.63) is 33.3 Å². The van der Waals surface area contributed by atoms with Crippen LogP contribution in [0.1, 0.15) is 25.7 Å². The van der Waals surface area contributed by atoms with E-state index in [1.807, 2.05) is 0 Å². The van der Waals surface area contributed by atoms with Crippen molar-refractivity contribution in [2.24, 2.45) is 0 Å². The van der Waals surface area contributed by atoms with Gasteiger partial charge in [0.15, 0.2) is 0 Å². The first kappa shape index (κ1) is 14.1. The summed E-state index contributed by atoms with van der Waals surface area (Å²) in [5, 5.41) is 10.8. The van der Waals surface area contributed by atoms with E-state index in [4.69, 9.17) is 21.1 Å². The Hall–Kier alpha value is -1.33. The molecule has 1 aliphatic carbocycles. The predicted octanol–water partition coefficient (Wildman–Crippen LogP) is 3.58. The van der Waals surface area contributed by atoms with Gasteiger partial charge in [-0.05, 0) is 25.3 Å². The summed E-state index contributed by atoms with van der Waals surface area (Å²) in [6.45, 7) is 0. The third kappa shape index (κ3) is 3.58. The lowest BCUT2D eigenvalue weighted by Crippen LogP contribution is -2.29. The van der Waals surface area contributed by atoms with Crippen LogP contribution >= 0.6 is 11.6 Å². The maximum atomic E-state index is 10.7. The average Bonchev–Trinajstić information content (AvgIpc) is 2.38. The highest BCUT2D eigenvalue weighted by atomic mass is 35.5. The molecule has 0 N–H and O–H groups in total. The second kappa shape index (κ2) is 6.21. The van der Waals surface area contributed by atoms with Crippen LogP contribution in [0.2, 0.25) is 5.02 Å². The van der Waals surface area contributed by atoms with Gasteiger partial charge in [0.05, 0.1) is 11.0 Å². The summed E-state index contributed by atoms with van der Waals surface area (Å²) in [6, 6.07) is 4.45. The lowest BCUT2D eigenvalue weighted by atomic mass is 9.95. The number of nitrogens with zero attached hydrogens (tertiary/aromatic N) is 1. The minimum atomic E-state index is -0.506. The number of benzene rings is 1. The Kier molecular flexibility index (Phi) is 4.61. The third-order valence-electron chi connectivity index (χ3n) is 3.33. The molecule has 0 amide bonds. The molecule has 104 valence electrons. The van der Waals surface area contributed by atoms with E-state index in [2.05, 4.69) is 0 Å². The summed E-state index contributed by atoms with van der Waals surface area (Å²) in [5.41, 5.74) is -0.104. The molecule has 1 aromatic carbocycles. The van der Waals surface area contributed by atoms with Crippen molar-refractivity contribution in [2.75, 3.05) is 7.11 Å². The highest BCUT2D eigenvalue weighted by Crippen LogP contribution is 2.31. The van der Waals surface area contributed by atoms with E-state index in [1.165, 1.54) is 12.1 Å². The van der Waals surface area contributed by atoms with Gasteiger partial charge >= 0.3 is 0 Å². The number of ether oxygens (including phenoxy) is 2. The molecule has 2 unspecified atom stereocenters. The quantitative estimate of drug-likeness (QED) is 0.626. The number of methoxy groups -OCH3 is 1. The van der Waals surface area contributed by atoms with Crippen LogP contribution in [0.15, 0.2) is 18.2 Å². The first-order valence-electron chi connectivity index (χ1n) is 6.23. The van der Waals surface area contributed by atoms with E-state index in [9.17, 15) is 10.1 Å². The van der Waals surface area contributed by atoms with Gasteiger partial charge in [-0.2, -0.15) is 0 Å². The standard InChI is InChI=1S/C13H16ClNO4/c1-18-9-3-2-4-10(7-9)19-11-5-6-13(15(16)17)12(14)8-11/h5-6,8-10H,2-4,7H2,1H3. The smallest absolute Gasteiger partial charge is 0.288 e. The van der Waals surface area contributed by atoms with Gasteiger partial charge < -0.3 is 9.47 Å². The van der Waals surface area contributed by atoms with E-state index in [0.29, 0.717) is 5.75 Å². The molecule has 0 bridgehead atoms. The third-order valence-corrected chi connectivity index (χ3v) is 3.63. The maximum absolute atomic E-state index is 10.7. The molecule has 1 aromatic rings. The molecular weight excluding hydrogens is 270 g/mol. The van der Waals surface area contributed by atoms with Gasteiger partial charge in [0, 0.05) is 25.7 Å². The molecule has 1 aliphatic rings. The highest BCUT2D eigenvalue weighted by molar-refractivity contribution is 6.32. The first-order chi connectivity index (χ1) is 9.10. The van der Waals surface area contributed by atoms with Gasteiger partial charge in [0.1, 0.15) is 16.9 Å². The van der Waals surface area contributed by atoms with Gasteiger partial charge in [-0.1, -0.05) is 11.6 Å². The van der Waals surface area contributed by atoms with Gasteiger partial charge in [0.2, 0.25) is 0 Å². The molecule has 0 aromatic heterocycles. The second-order valence-electron chi connectivity index (χ2n) is 4.63. The number of halogens is 1. The lowest BCUT2D eigenvalue weighted by Gasteiger charge is -2.28. The summed E-state index contributed by atoms with van der Waals surface area (Å²) in [5.74, 6) is 0.567. The van der Waals surface area contributed by atoms with Crippen molar-refractivity contribution >= 4 is 17.3 Å². The number of nitro groups is 1. The Morgan fingerprint density at radius 3 is 2.74 bits per heavy atom. The zero-order valence-electron chi connectivity index (χ0n) is 10.7. The largest absolute Gasteiger partial charge is 0.490 e. The van der Waals surface area contributed by atoms with Crippen molar-refractivity contribution < 1.29 is 14.4 Å². The van der Waals surface area contributed by atoms with Crippen LogP contribution in [0.4, 0.5) is 5.69 Å². The van der Waals surface area contributed by atoms with Gasteiger partial charge in [0.25, 0.3) is 5.69 Å². The monoisotopic (exact) mass is 285 g/mol. The summed E-state index contributed by atoms with van der Waals surface area (Å²) < 4.78 is 11.2. The minimum Gasteiger partial charge on any atom is -0.490 e. The molecule has 19 heavy (non-hydrogen) atoms. The van der Waals surface area contributed by atoms with Crippen molar-refractivity contribution in [3.8, 4) is 5.75 Å². The van der Waals surface area contributed by atoms with Crippen LogP contribution in [0.5, 0.6) is 5.75 Å². The summed E-state index contributed by atoms with van der Waals surface area (Å²) in [6.07, 6.45) is 4.23. The average molecular weight is 286 g/mol. The SMILES string of the molecule is COC1CCCC(Oc2ccc([N+](=O)[O-])c(Cl)c2)C1. The zero-order chi connectivity index (χ0) is 13.8. The van der Waals surface area contributed by atoms with E-state index in [0.717, 1.165) is 25.7 Å². The summed E-state index contributed by atoms with van der Waals surface area (Å²) in [4.78, 5) is 10.2. The Labute approximate surface area is 116 Å². The van der Waals surface area contributed by atoms with Crippen molar-refractivity contribution in [1.82, 2.24) is 0 Å². The van der Waals surface area contributed by atoms with Crippen LogP contribution < -0.4 is 4.74 Å². The Bertz CT molecular complexity index is 466. The van der Waals surface area contributed by atoms with Crippen LogP contribution in [0.3, 0.4) is 0 Å². The van der Waals surface area contributed by atoms with Gasteiger partial charge in [-0.15, -0.1) is 0 Å². The van der Waals surface area contributed by atoms with Crippen LogP contribution in [-0.2, 0) is 4.74 Å². The maximum Gasteiger partial charge on any atom is 0.288 e. The fraction of sp³-hybridized carbons (Fsp3) is 0.538. The van der Waals surface area contributed by atoms with Crippen molar-refractivity contribution in [1.29, 1.82) is 0 Å². The molecule has 6 heteroatoms. The number of nitro benzene ring substituents is 1. The lowest BCUT2D eigenvalue weighted by molar-refractivity contribution is -0.384. The minimum absolute atomic E-state index is 0.0798. The second-order valence-corrected chi connectivity index (χ2v) is 5.04. The van der Waals surface area contributed by atoms with E-state index in [-0.39, 0.29) is 22.9 Å². The molecule has 0 saturated heterocycles. The molecule has 2 atom stereocenters. The molecule has 0 radical (unpaired) electrons. The summed E-state index contributed by atoms with van der Waals surface area (Å²) >= 11 is 5.85. The molecule has 0 aliphatic heterocycles. The van der Waals surface area contributed by atoms with Gasteiger partial charge in [-0.3, -0.25) is 10.1 Å². The number of hydrogen-bond donors (Lipinski definition) is 0.